The average Bonchev–Trinajstić information content (AvgIpc) is 3.02. The molecular formula is C31H39ClFN7O7. The van der Waals surface area contributed by atoms with Crippen molar-refractivity contribution in [3.63, 3.8) is 0 Å². The summed E-state index contributed by atoms with van der Waals surface area (Å²) in [5.41, 5.74) is 0.233. The zero-order valence-electron chi connectivity index (χ0n) is 26.5. The minimum Gasteiger partial charge on any atom is -0.447 e. The van der Waals surface area contributed by atoms with E-state index in [1.807, 2.05) is 6.07 Å². The first-order valence-corrected chi connectivity index (χ1v) is 15.1. The van der Waals surface area contributed by atoms with Crippen LogP contribution >= 0.6 is 11.6 Å². The fourth-order valence-corrected chi connectivity index (χ4v) is 4.40. The maximum Gasteiger partial charge on any atom is 0.412 e. The number of aliphatic hydroxyl groups excluding tert-OH is 1. The summed E-state index contributed by atoms with van der Waals surface area (Å²) in [5.74, 6) is -1.01. The van der Waals surface area contributed by atoms with Gasteiger partial charge >= 0.3 is 18.2 Å². The summed E-state index contributed by atoms with van der Waals surface area (Å²) < 4.78 is 24.4. The summed E-state index contributed by atoms with van der Waals surface area (Å²) in [6.45, 7) is 4.16. The van der Waals surface area contributed by atoms with Crippen LogP contribution < -0.4 is 21.3 Å². The monoisotopic (exact) mass is 675 g/mol. The Balaban J connectivity index is 1.59. The number of urea groups is 1. The predicted molar refractivity (Wildman–Crippen MR) is 172 cm³/mol. The number of hydrogen-bond acceptors (Lipinski definition) is 9. The molecule has 0 aliphatic carbocycles. The average molecular weight is 676 g/mol. The molecule has 5 amide bonds. The zero-order valence-corrected chi connectivity index (χ0v) is 27.3. The second kappa shape index (κ2) is 17.2. The second-order valence-corrected chi connectivity index (χ2v) is 11.8. The number of nitrogens with one attached hydrogen (secondary N) is 4. The molecule has 0 fully saturated rings. The molecule has 1 aromatic carbocycles. The Kier molecular flexibility index (Phi) is 13.5. The van der Waals surface area contributed by atoms with E-state index >= 15 is 0 Å². The Morgan fingerprint density at radius 3 is 2.57 bits per heavy atom. The van der Waals surface area contributed by atoms with Gasteiger partial charge < -0.3 is 35.4 Å². The lowest BCUT2D eigenvalue weighted by Crippen LogP contribution is -2.50. The number of benzene rings is 1. The summed E-state index contributed by atoms with van der Waals surface area (Å²) in [4.78, 5) is 59.9. The molecule has 0 aliphatic rings. The third kappa shape index (κ3) is 11.8. The number of alkyl carbamates (subject to hydrolysis) is 1. The maximum absolute atomic E-state index is 13.8. The van der Waals surface area contributed by atoms with Crippen LogP contribution in [-0.4, -0.2) is 88.6 Å². The number of fused-ring (bicyclic) bond motifs is 1. The molecule has 0 unspecified atom stereocenters. The number of anilines is 1. The molecule has 2 aromatic heterocycles. The molecule has 0 saturated carbocycles. The van der Waals surface area contributed by atoms with Crippen molar-refractivity contribution in [3.05, 3.63) is 65.2 Å². The van der Waals surface area contributed by atoms with Crippen LogP contribution in [0, 0.1) is 5.82 Å². The van der Waals surface area contributed by atoms with E-state index in [0.29, 0.717) is 17.5 Å². The zero-order chi connectivity index (χ0) is 34.6. The first-order chi connectivity index (χ1) is 22.3. The fourth-order valence-electron chi connectivity index (χ4n) is 4.21. The van der Waals surface area contributed by atoms with Crippen molar-refractivity contribution in [1.82, 2.24) is 30.8 Å². The van der Waals surface area contributed by atoms with E-state index in [4.69, 9.17) is 21.1 Å². The standard InChI is InChI=1S/C31H39ClFN7O7/c1-31(2,3)47-30(45)38-24(17-41)27(42)35-13-7-10-21(40(4)28(43)37-15-20-8-5-11-22(33)26(20)32)18-46-29(44)39-25-14-19-9-6-12-34-23(19)16-36-25/h5-6,8-9,11-12,14,16,21,24,41H,7,10,13,15,17-18H2,1-4H3,(H,35,42)(H,37,43)(H,38,45)(H,36,39,44)/t21-,24+/m0/s1. The highest BCUT2D eigenvalue weighted by Crippen LogP contribution is 2.20. The molecular weight excluding hydrogens is 637 g/mol. The van der Waals surface area contributed by atoms with E-state index in [1.54, 1.807) is 45.2 Å². The van der Waals surface area contributed by atoms with Crippen molar-refractivity contribution in [2.24, 2.45) is 0 Å². The number of rotatable bonds is 13. The number of carbonyl (C=O) groups is 4. The van der Waals surface area contributed by atoms with E-state index < -0.39 is 54.2 Å². The van der Waals surface area contributed by atoms with Crippen LogP contribution in [0.5, 0.6) is 0 Å². The van der Waals surface area contributed by atoms with Gasteiger partial charge in [-0.15, -0.1) is 0 Å². The van der Waals surface area contributed by atoms with Gasteiger partial charge in [-0.1, -0.05) is 29.8 Å². The number of nitrogens with zero attached hydrogens (tertiary/aromatic N) is 3. The number of pyridine rings is 2. The number of aromatic nitrogens is 2. The van der Waals surface area contributed by atoms with Crippen LogP contribution in [0.3, 0.4) is 0 Å². The molecule has 14 nitrogen and oxygen atoms in total. The summed E-state index contributed by atoms with van der Waals surface area (Å²) in [7, 11) is 1.50. The van der Waals surface area contributed by atoms with Gasteiger partial charge in [0, 0.05) is 31.7 Å². The molecule has 2 atom stereocenters. The Bertz CT molecular complexity index is 1560. The number of hydrogen-bond donors (Lipinski definition) is 5. The Morgan fingerprint density at radius 1 is 1.09 bits per heavy atom. The van der Waals surface area contributed by atoms with Gasteiger partial charge in [-0.05, 0) is 57.4 Å². The normalized spacial score (nSPS) is 12.4. The van der Waals surface area contributed by atoms with Crippen molar-refractivity contribution in [3.8, 4) is 0 Å². The number of amides is 5. The first kappa shape index (κ1) is 36.7. The van der Waals surface area contributed by atoms with E-state index in [-0.39, 0.29) is 37.0 Å². The van der Waals surface area contributed by atoms with Gasteiger partial charge in [0.15, 0.2) is 0 Å². The van der Waals surface area contributed by atoms with Crippen molar-refractivity contribution >= 4 is 52.4 Å². The lowest BCUT2D eigenvalue weighted by molar-refractivity contribution is -0.124. The quantitative estimate of drug-likeness (QED) is 0.167. The molecule has 0 radical (unpaired) electrons. The number of likely N-dealkylation sites (N-methyl/N-ethyl adjacent to an activating group) is 1. The Morgan fingerprint density at radius 2 is 1.85 bits per heavy atom. The number of aliphatic hydroxyl groups is 1. The molecule has 0 spiro atoms. The van der Waals surface area contributed by atoms with Crippen LogP contribution in [0.25, 0.3) is 10.9 Å². The molecule has 0 saturated heterocycles. The number of halogens is 2. The topological polar surface area (TPSA) is 184 Å². The molecule has 0 aliphatic heterocycles. The van der Waals surface area contributed by atoms with Crippen LogP contribution in [0.2, 0.25) is 5.02 Å². The maximum atomic E-state index is 13.8. The predicted octanol–water partition coefficient (Wildman–Crippen LogP) is 3.96. The Hall–Kier alpha value is -4.76. The molecule has 0 bridgehead atoms. The molecule has 16 heteroatoms. The van der Waals surface area contributed by atoms with Crippen molar-refractivity contribution in [2.75, 3.05) is 32.1 Å². The first-order valence-electron chi connectivity index (χ1n) is 14.7. The van der Waals surface area contributed by atoms with Gasteiger partial charge in [0.05, 0.1) is 29.4 Å². The molecule has 3 rings (SSSR count). The van der Waals surface area contributed by atoms with Gasteiger partial charge in [0.25, 0.3) is 0 Å². The molecule has 47 heavy (non-hydrogen) atoms. The van der Waals surface area contributed by atoms with E-state index in [0.717, 1.165) is 5.39 Å². The summed E-state index contributed by atoms with van der Waals surface area (Å²) in [6, 6.07) is 7.01. The van der Waals surface area contributed by atoms with Gasteiger partial charge in [-0.3, -0.25) is 15.1 Å². The number of carbonyl (C=O) groups excluding carboxylic acids is 4. The summed E-state index contributed by atoms with van der Waals surface area (Å²) >= 11 is 6.01. The van der Waals surface area contributed by atoms with Gasteiger partial charge in [-0.25, -0.2) is 23.8 Å². The highest BCUT2D eigenvalue weighted by Gasteiger charge is 2.25. The van der Waals surface area contributed by atoms with E-state index in [2.05, 4.69) is 31.2 Å². The van der Waals surface area contributed by atoms with Crippen LogP contribution in [0.1, 0.15) is 39.2 Å². The smallest absolute Gasteiger partial charge is 0.412 e. The minimum absolute atomic E-state index is 0.0560. The van der Waals surface area contributed by atoms with E-state index in [1.165, 1.54) is 30.3 Å². The highest BCUT2D eigenvalue weighted by molar-refractivity contribution is 6.31. The minimum atomic E-state index is -1.24. The highest BCUT2D eigenvalue weighted by atomic mass is 35.5. The van der Waals surface area contributed by atoms with Crippen molar-refractivity contribution < 1.29 is 38.1 Å². The molecule has 3 aromatic rings. The van der Waals surface area contributed by atoms with Crippen LogP contribution in [-0.2, 0) is 20.8 Å². The summed E-state index contributed by atoms with van der Waals surface area (Å²) in [5, 5.41) is 20.4. The van der Waals surface area contributed by atoms with Crippen LogP contribution in [0.4, 0.5) is 24.6 Å². The second-order valence-electron chi connectivity index (χ2n) is 11.4. The lowest BCUT2D eigenvalue weighted by Gasteiger charge is -2.28. The summed E-state index contributed by atoms with van der Waals surface area (Å²) in [6.07, 6.45) is 2.06. The van der Waals surface area contributed by atoms with Crippen LogP contribution in [0.15, 0.2) is 48.8 Å². The third-order valence-corrected chi connectivity index (χ3v) is 7.08. The fraction of sp³-hybridized carbons (Fsp3) is 0.419. The third-order valence-electron chi connectivity index (χ3n) is 6.66. The lowest BCUT2D eigenvalue weighted by atomic mass is 10.1. The van der Waals surface area contributed by atoms with Gasteiger partial charge in [0.1, 0.15) is 29.9 Å². The molecule has 254 valence electrons. The SMILES string of the molecule is CN(C(=O)NCc1cccc(F)c1Cl)[C@@H](CCCNC(=O)[C@@H](CO)NC(=O)OC(C)(C)C)COC(=O)Nc1cc2cccnc2cn1. The van der Waals surface area contributed by atoms with Crippen molar-refractivity contribution in [1.29, 1.82) is 0 Å². The largest absolute Gasteiger partial charge is 0.447 e. The Labute approximate surface area is 276 Å². The van der Waals surface area contributed by atoms with Crippen molar-refractivity contribution in [2.45, 2.75) is 57.8 Å². The molecule has 2 heterocycles. The van der Waals surface area contributed by atoms with E-state index in [9.17, 15) is 28.7 Å². The van der Waals surface area contributed by atoms with Gasteiger partial charge in [-0.2, -0.15) is 0 Å². The molecule has 5 N–H and O–H groups in total. The number of ether oxygens (including phenoxy) is 2. The van der Waals surface area contributed by atoms with Gasteiger partial charge in [0.2, 0.25) is 5.91 Å².